The molecule has 5 rings (SSSR count). The summed E-state index contributed by atoms with van der Waals surface area (Å²) in [5, 5.41) is 0.507. The van der Waals surface area contributed by atoms with Crippen LogP contribution in [0.3, 0.4) is 0 Å². The molecule has 0 atom stereocenters. The standard InChI is InChI=1S/C34H33NO5/c1-35(2)18-9-19-37-28-15-16-29-30(36)22-32(40-33(29)21-28)27-14-17-31(38-23-25-10-5-3-6-11-25)34(20-27)39-24-26-12-7-4-8-13-26/h3-8,10-17,20-22H,9,18-19,23-24H2,1-2H3. The molecular formula is C34H33NO5. The molecule has 0 N–H and O–H groups in total. The second-order valence-electron chi connectivity index (χ2n) is 9.85. The highest BCUT2D eigenvalue weighted by molar-refractivity contribution is 5.80. The van der Waals surface area contributed by atoms with Crippen molar-refractivity contribution in [1.82, 2.24) is 4.90 Å². The molecule has 1 heterocycles. The summed E-state index contributed by atoms with van der Waals surface area (Å²) in [7, 11) is 4.07. The molecule has 0 spiro atoms. The fourth-order valence-electron chi connectivity index (χ4n) is 4.30. The van der Waals surface area contributed by atoms with Crippen molar-refractivity contribution in [3.63, 3.8) is 0 Å². The van der Waals surface area contributed by atoms with Gasteiger partial charge in [0.2, 0.25) is 0 Å². The number of benzene rings is 4. The summed E-state index contributed by atoms with van der Waals surface area (Å²) in [5.41, 5.74) is 3.17. The first-order valence-corrected chi connectivity index (χ1v) is 13.4. The number of fused-ring (bicyclic) bond motifs is 1. The summed E-state index contributed by atoms with van der Waals surface area (Å²) in [6, 6.07) is 32.4. The van der Waals surface area contributed by atoms with Crippen LogP contribution in [0.2, 0.25) is 0 Å². The predicted octanol–water partition coefficient (Wildman–Crippen LogP) is 6.95. The minimum Gasteiger partial charge on any atom is -0.493 e. The zero-order chi connectivity index (χ0) is 27.7. The third-order valence-corrected chi connectivity index (χ3v) is 6.42. The van der Waals surface area contributed by atoms with E-state index in [9.17, 15) is 4.79 Å². The lowest BCUT2D eigenvalue weighted by molar-refractivity contribution is 0.256. The molecule has 0 bridgehead atoms. The van der Waals surface area contributed by atoms with Crippen LogP contribution in [0, 0.1) is 0 Å². The van der Waals surface area contributed by atoms with Gasteiger partial charge in [-0.2, -0.15) is 0 Å². The Morgan fingerprint density at radius 2 is 1.38 bits per heavy atom. The fraction of sp³-hybridized carbons (Fsp3) is 0.206. The largest absolute Gasteiger partial charge is 0.493 e. The molecule has 0 aliphatic heterocycles. The summed E-state index contributed by atoms with van der Waals surface area (Å²) >= 11 is 0. The zero-order valence-corrected chi connectivity index (χ0v) is 22.8. The van der Waals surface area contributed by atoms with E-state index in [1.54, 1.807) is 12.1 Å². The van der Waals surface area contributed by atoms with Crippen molar-refractivity contribution in [2.45, 2.75) is 19.6 Å². The molecule has 0 saturated heterocycles. The monoisotopic (exact) mass is 535 g/mol. The van der Waals surface area contributed by atoms with Gasteiger partial charge in [0.1, 0.15) is 30.3 Å². The Morgan fingerprint density at radius 1 is 0.700 bits per heavy atom. The summed E-state index contributed by atoms with van der Waals surface area (Å²) in [6.07, 6.45) is 0.902. The smallest absolute Gasteiger partial charge is 0.193 e. The van der Waals surface area contributed by atoms with E-state index >= 15 is 0 Å². The first kappa shape index (κ1) is 27.0. The molecule has 204 valence electrons. The van der Waals surface area contributed by atoms with Crippen LogP contribution in [-0.4, -0.2) is 32.1 Å². The Balaban J connectivity index is 1.42. The highest BCUT2D eigenvalue weighted by Gasteiger charge is 2.13. The number of hydrogen-bond acceptors (Lipinski definition) is 6. The van der Waals surface area contributed by atoms with Gasteiger partial charge in [0.15, 0.2) is 16.9 Å². The Kier molecular flexibility index (Phi) is 8.79. The average Bonchev–Trinajstić information content (AvgIpc) is 2.98. The summed E-state index contributed by atoms with van der Waals surface area (Å²) in [5.74, 6) is 2.29. The zero-order valence-electron chi connectivity index (χ0n) is 22.8. The minimum atomic E-state index is -0.119. The third-order valence-electron chi connectivity index (χ3n) is 6.42. The average molecular weight is 536 g/mol. The van der Waals surface area contributed by atoms with E-state index in [2.05, 4.69) is 4.90 Å². The van der Waals surface area contributed by atoms with Crippen LogP contribution in [0.1, 0.15) is 17.5 Å². The molecule has 5 aromatic rings. The maximum Gasteiger partial charge on any atom is 0.193 e. The van der Waals surface area contributed by atoms with E-state index in [0.717, 1.165) is 24.1 Å². The second kappa shape index (κ2) is 13.0. The molecule has 0 amide bonds. The van der Waals surface area contributed by atoms with Gasteiger partial charge in [-0.15, -0.1) is 0 Å². The summed E-state index contributed by atoms with van der Waals surface area (Å²) < 4.78 is 24.5. The highest BCUT2D eigenvalue weighted by atomic mass is 16.5. The van der Waals surface area contributed by atoms with Gasteiger partial charge in [0, 0.05) is 24.2 Å². The van der Waals surface area contributed by atoms with Gasteiger partial charge in [-0.25, -0.2) is 0 Å². The number of nitrogens with zero attached hydrogens (tertiary/aromatic N) is 1. The van der Waals surface area contributed by atoms with Gasteiger partial charge >= 0.3 is 0 Å². The molecule has 0 aliphatic carbocycles. The van der Waals surface area contributed by atoms with Crippen molar-refractivity contribution in [3.05, 3.63) is 124 Å². The number of hydrogen-bond donors (Lipinski definition) is 0. The molecule has 6 nitrogen and oxygen atoms in total. The van der Waals surface area contributed by atoms with Crippen molar-refractivity contribution in [2.24, 2.45) is 0 Å². The molecule has 0 fully saturated rings. The van der Waals surface area contributed by atoms with Crippen LogP contribution in [0.25, 0.3) is 22.3 Å². The van der Waals surface area contributed by atoms with Crippen molar-refractivity contribution >= 4 is 11.0 Å². The van der Waals surface area contributed by atoms with Gasteiger partial charge in [-0.05, 0) is 62.0 Å². The van der Waals surface area contributed by atoms with E-state index in [-0.39, 0.29) is 5.43 Å². The molecule has 6 heteroatoms. The first-order valence-electron chi connectivity index (χ1n) is 13.4. The van der Waals surface area contributed by atoms with Crippen LogP contribution in [0.5, 0.6) is 17.2 Å². The number of rotatable bonds is 12. The molecule has 0 saturated carbocycles. The van der Waals surface area contributed by atoms with Crippen molar-refractivity contribution in [1.29, 1.82) is 0 Å². The minimum absolute atomic E-state index is 0.119. The molecule has 0 aliphatic rings. The SMILES string of the molecule is CN(C)CCCOc1ccc2c(=O)cc(-c3ccc(OCc4ccccc4)c(OCc4ccccc4)c3)oc2c1. The topological polar surface area (TPSA) is 61.1 Å². The lowest BCUT2D eigenvalue weighted by atomic mass is 10.1. The molecule has 0 radical (unpaired) electrons. The van der Waals surface area contributed by atoms with Gasteiger partial charge in [0.25, 0.3) is 0 Å². The van der Waals surface area contributed by atoms with Crippen LogP contribution in [0.15, 0.2) is 112 Å². The second-order valence-corrected chi connectivity index (χ2v) is 9.85. The number of ether oxygens (including phenoxy) is 3. The van der Waals surface area contributed by atoms with Crippen molar-refractivity contribution < 1.29 is 18.6 Å². The van der Waals surface area contributed by atoms with Crippen LogP contribution < -0.4 is 19.6 Å². The summed E-state index contributed by atoms with van der Waals surface area (Å²) in [4.78, 5) is 15.1. The Hall–Kier alpha value is -4.55. The Morgan fingerprint density at radius 3 is 2.05 bits per heavy atom. The lowest BCUT2D eigenvalue weighted by Gasteiger charge is -2.15. The fourth-order valence-corrected chi connectivity index (χ4v) is 4.30. The molecule has 4 aromatic carbocycles. The Labute approximate surface area is 234 Å². The lowest BCUT2D eigenvalue weighted by Crippen LogP contribution is -2.15. The van der Waals surface area contributed by atoms with Crippen LogP contribution >= 0.6 is 0 Å². The van der Waals surface area contributed by atoms with E-state index in [4.69, 9.17) is 18.6 Å². The van der Waals surface area contributed by atoms with Gasteiger partial charge < -0.3 is 23.5 Å². The van der Waals surface area contributed by atoms with Gasteiger partial charge in [0.05, 0.1) is 12.0 Å². The molecule has 0 unspecified atom stereocenters. The summed E-state index contributed by atoms with van der Waals surface area (Å²) in [6.45, 7) is 2.30. The molecule has 1 aromatic heterocycles. The molecular weight excluding hydrogens is 502 g/mol. The highest BCUT2D eigenvalue weighted by Crippen LogP contribution is 2.35. The normalized spacial score (nSPS) is 11.1. The van der Waals surface area contributed by atoms with E-state index in [1.165, 1.54) is 6.07 Å². The maximum absolute atomic E-state index is 13.0. The predicted molar refractivity (Wildman–Crippen MR) is 158 cm³/mol. The first-order chi connectivity index (χ1) is 19.5. The third kappa shape index (κ3) is 7.10. The molecule has 40 heavy (non-hydrogen) atoms. The van der Waals surface area contributed by atoms with E-state index in [0.29, 0.717) is 59.4 Å². The van der Waals surface area contributed by atoms with E-state index in [1.807, 2.05) is 99.0 Å². The van der Waals surface area contributed by atoms with Crippen LogP contribution in [0.4, 0.5) is 0 Å². The van der Waals surface area contributed by atoms with Crippen molar-refractivity contribution in [3.8, 4) is 28.6 Å². The van der Waals surface area contributed by atoms with E-state index < -0.39 is 0 Å². The van der Waals surface area contributed by atoms with Gasteiger partial charge in [-0.1, -0.05) is 60.7 Å². The maximum atomic E-state index is 13.0. The van der Waals surface area contributed by atoms with Crippen molar-refractivity contribution in [2.75, 3.05) is 27.2 Å². The van der Waals surface area contributed by atoms with Crippen LogP contribution in [-0.2, 0) is 13.2 Å². The van der Waals surface area contributed by atoms with Gasteiger partial charge in [-0.3, -0.25) is 4.79 Å². The quantitative estimate of drug-likeness (QED) is 0.161. The Bertz CT molecular complexity index is 1600.